The monoisotopic (exact) mass is 120 g/mol. The Kier molecular flexibility index (Phi) is 2.15. The Hall–Kier alpha value is -0.770. The summed E-state index contributed by atoms with van der Waals surface area (Å²) in [6.45, 7) is 0. The van der Waals surface area contributed by atoms with Crippen LogP contribution in [0.3, 0.4) is 0 Å². The zero-order valence-corrected chi connectivity index (χ0v) is 4.24. The van der Waals surface area contributed by atoms with Gasteiger partial charge in [-0.25, -0.2) is 0 Å². The number of guanidine groups is 1. The summed E-state index contributed by atoms with van der Waals surface area (Å²) in [7, 11) is 0. The smallest absolute Gasteiger partial charge is 0.215 e. The van der Waals surface area contributed by atoms with Gasteiger partial charge in [0.1, 0.15) is 0 Å². The third kappa shape index (κ3) is 5.23. The van der Waals surface area contributed by atoms with Gasteiger partial charge in [-0.3, -0.25) is 5.41 Å². The lowest BCUT2D eigenvalue weighted by molar-refractivity contribution is 1.38. The fourth-order valence-corrected chi connectivity index (χ4v) is 0.206. The highest BCUT2D eigenvalue weighted by Crippen LogP contribution is 1.72. The Morgan fingerprint density at radius 2 is 2.00 bits per heavy atom. The van der Waals surface area contributed by atoms with Gasteiger partial charge >= 0.3 is 0 Å². The van der Waals surface area contributed by atoms with E-state index in [9.17, 15) is 0 Å². The lowest BCUT2D eigenvalue weighted by Crippen LogP contribution is -2.12. The van der Waals surface area contributed by atoms with Crippen molar-refractivity contribution in [3.05, 3.63) is 0 Å². The quantitative estimate of drug-likeness (QED) is 0.227. The summed E-state index contributed by atoms with van der Waals surface area (Å²) < 4.78 is 0. The van der Waals surface area contributed by atoms with E-state index in [2.05, 4.69) is 4.99 Å². The third-order valence-corrected chi connectivity index (χ3v) is 0.312. The van der Waals surface area contributed by atoms with Gasteiger partial charge in [0.15, 0.2) is 5.29 Å². The maximum atomic E-state index is 6.45. The van der Waals surface area contributed by atoms with Gasteiger partial charge in [0.2, 0.25) is 5.96 Å². The molecule has 0 unspecified atom stereocenters. The second-order valence-corrected chi connectivity index (χ2v) is 1.21. The highest BCUT2D eigenvalue weighted by Gasteiger charge is 1.80. The molecule has 0 saturated heterocycles. The molecule has 0 bridgehead atoms. The molecule has 0 aromatic heterocycles. The lowest BCUT2D eigenvalue weighted by atomic mass is 11.0. The van der Waals surface area contributed by atoms with Crippen LogP contribution in [-0.2, 0) is 0 Å². The van der Waals surface area contributed by atoms with Gasteiger partial charge in [-0.2, -0.15) is 4.99 Å². The van der Waals surface area contributed by atoms with E-state index in [-0.39, 0.29) is 11.3 Å². The molecule has 0 rings (SSSR count). The topological polar surface area (TPSA) is 88.2 Å². The number of aliphatic imine (C=N–C) groups is 1. The summed E-state index contributed by atoms with van der Waals surface area (Å²) in [6.07, 6.45) is 0. The van der Waals surface area contributed by atoms with E-state index in [1.165, 1.54) is 0 Å². The largest absolute Gasteiger partial charge is 0.374 e. The van der Waals surface area contributed by atoms with Crippen LogP contribution in [-0.4, -0.2) is 11.3 Å². The van der Waals surface area contributed by atoms with Crippen molar-refractivity contribution >= 4 is 22.9 Å². The van der Waals surface area contributed by atoms with E-state index in [1.54, 1.807) is 0 Å². The van der Waals surface area contributed by atoms with Crippen LogP contribution < -0.4 is 11.5 Å². The van der Waals surface area contributed by atoms with Crippen LogP contribution in [0.1, 0.15) is 0 Å². The minimum absolute atomic E-state index is 0.215. The van der Waals surface area contributed by atoms with Crippen LogP contribution in [0.5, 0.6) is 0 Å². The Labute approximate surface area is 45.7 Å². The highest BCUT2D eigenvalue weighted by atomic mass is 35.5. The number of nitrogens with zero attached hydrogens (tertiary/aromatic N) is 1. The molecule has 0 aromatic carbocycles. The summed E-state index contributed by atoms with van der Waals surface area (Å²) >= 11 is 4.98. The Morgan fingerprint density at radius 3 is 2.00 bits per heavy atom. The van der Waals surface area contributed by atoms with Gasteiger partial charge in [-0.1, -0.05) is 0 Å². The molecule has 5 N–H and O–H groups in total. The standard InChI is InChI=1S/C2H5ClN4/c3-1(4)7-2(5)6/h(H5,4,5,6,7). The van der Waals surface area contributed by atoms with E-state index >= 15 is 0 Å². The first-order valence-corrected chi connectivity index (χ1v) is 1.84. The van der Waals surface area contributed by atoms with E-state index in [0.717, 1.165) is 0 Å². The molecule has 7 heavy (non-hydrogen) atoms. The molecule has 5 heteroatoms. The molecule has 0 atom stereocenters. The van der Waals surface area contributed by atoms with Gasteiger partial charge < -0.3 is 11.5 Å². The average molecular weight is 121 g/mol. The van der Waals surface area contributed by atoms with E-state index < -0.39 is 0 Å². The predicted octanol–water partition coefficient (Wildman–Crippen LogP) is -0.567. The molecular weight excluding hydrogens is 116 g/mol. The van der Waals surface area contributed by atoms with Crippen LogP contribution in [0.4, 0.5) is 0 Å². The summed E-state index contributed by atoms with van der Waals surface area (Å²) in [6, 6.07) is 0. The summed E-state index contributed by atoms with van der Waals surface area (Å²) in [5.41, 5.74) is 9.51. The molecule has 0 heterocycles. The first-order valence-electron chi connectivity index (χ1n) is 1.46. The van der Waals surface area contributed by atoms with E-state index in [0.29, 0.717) is 0 Å². The van der Waals surface area contributed by atoms with Crippen molar-refractivity contribution in [1.29, 1.82) is 5.41 Å². The van der Waals surface area contributed by atoms with E-state index in [4.69, 9.17) is 28.5 Å². The van der Waals surface area contributed by atoms with Crippen LogP contribution in [0.2, 0.25) is 0 Å². The first kappa shape index (κ1) is 6.23. The van der Waals surface area contributed by atoms with Crippen molar-refractivity contribution < 1.29 is 0 Å². The zero-order chi connectivity index (χ0) is 5.86. The van der Waals surface area contributed by atoms with Crippen LogP contribution in [0.15, 0.2) is 4.99 Å². The minimum Gasteiger partial charge on any atom is -0.374 e. The number of nitrogens with one attached hydrogen (secondary N) is 1. The molecule has 0 aliphatic heterocycles. The number of nitrogens with two attached hydrogens (primary N) is 2. The number of rotatable bonds is 0. The molecule has 0 fully saturated rings. The van der Waals surface area contributed by atoms with Crippen molar-refractivity contribution in [3.8, 4) is 0 Å². The van der Waals surface area contributed by atoms with Crippen molar-refractivity contribution in [2.24, 2.45) is 16.5 Å². The molecule has 40 valence electrons. The minimum atomic E-state index is -0.382. The van der Waals surface area contributed by atoms with Gasteiger partial charge in [-0.15, -0.1) is 0 Å². The molecule has 4 nitrogen and oxygen atoms in total. The summed E-state index contributed by atoms with van der Waals surface area (Å²) in [5, 5.41) is 6.24. The number of halogens is 1. The zero-order valence-electron chi connectivity index (χ0n) is 3.48. The van der Waals surface area contributed by atoms with Crippen molar-refractivity contribution in [2.75, 3.05) is 0 Å². The number of amidine groups is 1. The lowest BCUT2D eigenvalue weighted by Gasteiger charge is -1.82. The average Bonchev–Trinajstić information content (AvgIpc) is 1.27. The molecule has 0 amide bonds. The normalized spacial score (nSPS) is 11.3. The molecule has 0 radical (unpaired) electrons. The van der Waals surface area contributed by atoms with Crippen LogP contribution >= 0.6 is 11.6 Å². The van der Waals surface area contributed by atoms with Gasteiger partial charge in [-0.05, 0) is 11.6 Å². The molecule has 0 spiro atoms. The number of hydrogen-bond acceptors (Lipinski definition) is 1. The third-order valence-electron chi connectivity index (χ3n) is 0.227. The predicted molar refractivity (Wildman–Crippen MR) is 29.4 cm³/mol. The van der Waals surface area contributed by atoms with Crippen molar-refractivity contribution in [3.63, 3.8) is 0 Å². The van der Waals surface area contributed by atoms with Gasteiger partial charge in [0.05, 0.1) is 0 Å². The summed E-state index contributed by atoms with van der Waals surface area (Å²) in [5.74, 6) is -0.382. The Balaban J connectivity index is 3.68. The Morgan fingerprint density at radius 1 is 1.57 bits per heavy atom. The fraction of sp³-hybridized carbons (Fsp3) is 0. The molecular formula is C2H5ClN4. The first-order chi connectivity index (χ1) is 3.13. The Bertz CT molecular complexity index is 102. The second kappa shape index (κ2) is 2.41. The second-order valence-electron chi connectivity index (χ2n) is 0.820. The summed E-state index contributed by atoms with van der Waals surface area (Å²) in [4.78, 5) is 3.10. The van der Waals surface area contributed by atoms with Crippen LogP contribution in [0, 0.1) is 5.41 Å². The van der Waals surface area contributed by atoms with Gasteiger partial charge in [0.25, 0.3) is 0 Å². The molecule has 0 aliphatic carbocycles. The SMILES string of the molecule is N=C(N)/N=C(/N)Cl. The van der Waals surface area contributed by atoms with E-state index in [1.807, 2.05) is 0 Å². The molecule has 0 aromatic rings. The molecule has 0 saturated carbocycles. The van der Waals surface area contributed by atoms with Gasteiger partial charge in [0, 0.05) is 0 Å². The van der Waals surface area contributed by atoms with Crippen molar-refractivity contribution in [2.45, 2.75) is 0 Å². The number of hydrogen-bond donors (Lipinski definition) is 3. The maximum Gasteiger partial charge on any atom is 0.215 e. The maximum absolute atomic E-state index is 6.45. The van der Waals surface area contributed by atoms with Crippen LogP contribution in [0.25, 0.3) is 0 Å². The molecule has 0 aliphatic rings. The highest BCUT2D eigenvalue weighted by molar-refractivity contribution is 6.64. The van der Waals surface area contributed by atoms with Crippen molar-refractivity contribution in [1.82, 2.24) is 0 Å². The fourth-order valence-electron chi connectivity index (χ4n) is 0.115.